The molecular weight excluding hydrogens is 877 g/mol. The van der Waals surface area contributed by atoms with Gasteiger partial charge in [0.05, 0.1) is 0 Å². The van der Waals surface area contributed by atoms with Crippen LogP contribution in [0.2, 0.25) is 0 Å². The Labute approximate surface area is 428 Å². The van der Waals surface area contributed by atoms with E-state index in [0.717, 1.165) is 0 Å². The monoisotopic (exact) mass is 930 g/mol. The van der Waals surface area contributed by atoms with E-state index in [2.05, 4.69) is 271 Å². The molecule has 0 unspecified atom stereocenters. The maximum absolute atomic E-state index is 2.47. The van der Waals surface area contributed by atoms with E-state index in [1.54, 1.807) is 0 Å². The standard InChI is InChI=1S/C73H54/c1-45-59-14-8-10-16-65(59)71(66-17-11-9-15-60(45)66)52-29-26-51(27-30-52)56-33-37-62-64-39-35-58(44-70(64)73(4,5)68(62)42-56)57-34-38-63-61-36-32-55(41-67(61)72(2,3)69(63)43-57)50-24-20-48(21-25-50)47-18-22-49(23-19-47)54-31-28-46-12-6-7-13-53(46)40-54/h6-44H,1-5H3. The van der Waals surface area contributed by atoms with Gasteiger partial charge in [0, 0.05) is 10.8 Å². The van der Waals surface area contributed by atoms with Crippen LogP contribution in [0.5, 0.6) is 0 Å². The summed E-state index contributed by atoms with van der Waals surface area (Å²) in [5.74, 6) is 0. The second kappa shape index (κ2) is 16.2. The average Bonchev–Trinajstić information content (AvgIpc) is 3.81. The van der Waals surface area contributed by atoms with Gasteiger partial charge < -0.3 is 0 Å². The molecule has 12 aromatic rings. The molecule has 12 aromatic carbocycles. The summed E-state index contributed by atoms with van der Waals surface area (Å²) < 4.78 is 0. The van der Waals surface area contributed by atoms with Gasteiger partial charge in [-0.25, -0.2) is 0 Å². The van der Waals surface area contributed by atoms with Crippen molar-refractivity contribution in [2.75, 3.05) is 0 Å². The largest absolute Gasteiger partial charge is 0.0616 e. The molecule has 0 nitrogen and oxygen atoms in total. The molecule has 0 atom stereocenters. The van der Waals surface area contributed by atoms with Crippen LogP contribution in [0.3, 0.4) is 0 Å². The van der Waals surface area contributed by atoms with Crippen molar-refractivity contribution in [1.29, 1.82) is 0 Å². The normalized spacial score (nSPS) is 13.8. The van der Waals surface area contributed by atoms with E-state index in [1.165, 1.54) is 149 Å². The third kappa shape index (κ3) is 6.81. The number of benzene rings is 12. The molecule has 0 heteroatoms. The van der Waals surface area contributed by atoms with Crippen LogP contribution in [0.4, 0.5) is 0 Å². The van der Waals surface area contributed by atoms with E-state index in [9.17, 15) is 0 Å². The molecule has 0 heterocycles. The van der Waals surface area contributed by atoms with Crippen molar-refractivity contribution in [3.05, 3.63) is 264 Å². The lowest BCUT2D eigenvalue weighted by atomic mass is 9.79. The van der Waals surface area contributed by atoms with Crippen LogP contribution in [-0.4, -0.2) is 0 Å². The van der Waals surface area contributed by atoms with Crippen molar-refractivity contribution in [1.82, 2.24) is 0 Å². The molecule has 0 saturated heterocycles. The second-order valence-electron chi connectivity index (χ2n) is 21.7. The lowest BCUT2D eigenvalue weighted by molar-refractivity contribution is 0.660. The highest BCUT2D eigenvalue weighted by Crippen LogP contribution is 2.53. The molecule has 0 spiro atoms. The number of hydrogen-bond acceptors (Lipinski definition) is 0. The number of aryl methyl sites for hydroxylation is 1. The molecule has 0 radical (unpaired) electrons. The first-order valence-corrected chi connectivity index (χ1v) is 25.9. The minimum absolute atomic E-state index is 0.147. The molecule has 0 saturated carbocycles. The van der Waals surface area contributed by atoms with E-state index >= 15 is 0 Å². The molecular formula is C73H54. The quantitative estimate of drug-likeness (QED) is 0.146. The summed E-state index contributed by atoms with van der Waals surface area (Å²) in [5.41, 5.74) is 27.0. The lowest BCUT2D eigenvalue weighted by Gasteiger charge is -2.24. The van der Waals surface area contributed by atoms with Crippen LogP contribution >= 0.6 is 0 Å². The smallest absolute Gasteiger partial charge is 0.0159 e. The van der Waals surface area contributed by atoms with Crippen molar-refractivity contribution >= 4 is 32.3 Å². The van der Waals surface area contributed by atoms with Crippen LogP contribution < -0.4 is 0 Å². The van der Waals surface area contributed by atoms with Gasteiger partial charge in [-0.15, -0.1) is 0 Å². The Morgan fingerprint density at radius 1 is 0.233 bits per heavy atom. The maximum Gasteiger partial charge on any atom is 0.0159 e. The summed E-state index contributed by atoms with van der Waals surface area (Å²) in [6.45, 7) is 11.9. The first kappa shape index (κ1) is 43.2. The second-order valence-corrected chi connectivity index (χ2v) is 21.7. The van der Waals surface area contributed by atoms with Crippen molar-refractivity contribution in [2.45, 2.75) is 45.4 Å². The van der Waals surface area contributed by atoms with Crippen LogP contribution in [0, 0.1) is 6.92 Å². The van der Waals surface area contributed by atoms with Crippen molar-refractivity contribution < 1.29 is 0 Å². The Balaban J connectivity index is 0.715. The fourth-order valence-electron chi connectivity index (χ4n) is 12.8. The molecule has 0 aromatic heterocycles. The molecule has 0 amide bonds. The van der Waals surface area contributed by atoms with E-state index in [4.69, 9.17) is 0 Å². The van der Waals surface area contributed by atoms with Gasteiger partial charge in [-0.3, -0.25) is 0 Å². The van der Waals surface area contributed by atoms with Crippen LogP contribution in [0.25, 0.3) is 121 Å². The van der Waals surface area contributed by atoms with Crippen LogP contribution in [-0.2, 0) is 10.8 Å². The Hall–Kier alpha value is -8.58. The van der Waals surface area contributed by atoms with E-state index < -0.39 is 0 Å². The van der Waals surface area contributed by atoms with Crippen molar-refractivity contribution in [3.63, 3.8) is 0 Å². The zero-order valence-electron chi connectivity index (χ0n) is 42.0. The first-order chi connectivity index (χ1) is 35.6. The van der Waals surface area contributed by atoms with Crippen LogP contribution in [0.1, 0.15) is 55.5 Å². The van der Waals surface area contributed by atoms with E-state index in [1.807, 2.05) is 0 Å². The van der Waals surface area contributed by atoms with Gasteiger partial charge in [0.15, 0.2) is 0 Å². The van der Waals surface area contributed by atoms with Gasteiger partial charge >= 0.3 is 0 Å². The fraction of sp³-hybridized carbons (Fsp3) is 0.0959. The summed E-state index contributed by atoms with van der Waals surface area (Å²) in [6.07, 6.45) is 0. The molecule has 0 bridgehead atoms. The van der Waals surface area contributed by atoms with Gasteiger partial charge in [-0.05, 0) is 186 Å². The number of rotatable bonds is 6. The topological polar surface area (TPSA) is 0 Å². The summed E-state index contributed by atoms with van der Waals surface area (Å²) in [7, 11) is 0. The average molecular weight is 931 g/mol. The highest BCUT2D eigenvalue weighted by atomic mass is 14.4. The molecule has 73 heavy (non-hydrogen) atoms. The molecule has 2 aliphatic rings. The summed E-state index contributed by atoms with van der Waals surface area (Å²) in [6, 6.07) is 88.9. The molecule has 0 fully saturated rings. The maximum atomic E-state index is 2.47. The van der Waals surface area contributed by atoms with E-state index in [0.29, 0.717) is 0 Å². The third-order valence-corrected chi connectivity index (χ3v) is 16.9. The van der Waals surface area contributed by atoms with Gasteiger partial charge in [0.2, 0.25) is 0 Å². The van der Waals surface area contributed by atoms with Crippen molar-refractivity contribution in [2.24, 2.45) is 0 Å². The Morgan fingerprint density at radius 3 is 0.904 bits per heavy atom. The zero-order chi connectivity index (χ0) is 49.2. The first-order valence-electron chi connectivity index (χ1n) is 25.9. The Morgan fingerprint density at radius 2 is 0.507 bits per heavy atom. The zero-order valence-corrected chi connectivity index (χ0v) is 42.0. The Kier molecular flexibility index (Phi) is 9.61. The third-order valence-electron chi connectivity index (χ3n) is 16.9. The molecule has 2 aliphatic carbocycles. The minimum Gasteiger partial charge on any atom is -0.0616 e. The fourth-order valence-corrected chi connectivity index (χ4v) is 12.8. The molecule has 346 valence electrons. The van der Waals surface area contributed by atoms with Gasteiger partial charge in [-0.1, -0.05) is 234 Å². The van der Waals surface area contributed by atoms with Crippen molar-refractivity contribution in [3.8, 4) is 89.0 Å². The number of hydrogen-bond donors (Lipinski definition) is 0. The molecule has 0 N–H and O–H groups in total. The lowest BCUT2D eigenvalue weighted by Crippen LogP contribution is -2.15. The number of fused-ring (bicyclic) bond motifs is 9. The van der Waals surface area contributed by atoms with E-state index in [-0.39, 0.29) is 10.8 Å². The van der Waals surface area contributed by atoms with Gasteiger partial charge in [-0.2, -0.15) is 0 Å². The summed E-state index contributed by atoms with van der Waals surface area (Å²) >= 11 is 0. The molecule has 0 aliphatic heterocycles. The van der Waals surface area contributed by atoms with Gasteiger partial charge in [0.25, 0.3) is 0 Å². The SMILES string of the molecule is Cc1c2ccccc2c(-c2ccc(-c3ccc4c(c3)C(C)(C)c3cc(-c5ccc6c(c5)C(C)(C)c5cc(-c7ccc(-c8ccc(-c9ccc%10ccccc%10c9)cc8)cc7)ccc5-6)ccc3-4)cc2)c2ccccc12. The van der Waals surface area contributed by atoms with Gasteiger partial charge in [0.1, 0.15) is 0 Å². The van der Waals surface area contributed by atoms with Crippen LogP contribution in [0.15, 0.2) is 237 Å². The summed E-state index contributed by atoms with van der Waals surface area (Å²) in [5, 5.41) is 7.79. The highest BCUT2D eigenvalue weighted by molar-refractivity contribution is 6.15. The summed E-state index contributed by atoms with van der Waals surface area (Å²) in [4.78, 5) is 0. The Bertz CT molecular complexity index is 4160. The molecule has 14 rings (SSSR count). The predicted molar refractivity (Wildman–Crippen MR) is 311 cm³/mol. The minimum atomic E-state index is -0.153. The predicted octanol–water partition coefficient (Wildman–Crippen LogP) is 20.1. The highest BCUT2D eigenvalue weighted by Gasteiger charge is 2.38.